The van der Waals surface area contributed by atoms with Crippen LogP contribution in [-0.4, -0.2) is 35.2 Å². The average Bonchev–Trinajstić information content (AvgIpc) is 3.04. The fourth-order valence-corrected chi connectivity index (χ4v) is 3.37. The molecule has 7 nitrogen and oxygen atoms in total. The number of sulfonamides is 1. The molecule has 2 aromatic heterocycles. The minimum absolute atomic E-state index is 0.00888. The molecule has 0 amide bonds. The highest BCUT2D eigenvalue weighted by Crippen LogP contribution is 2.27. The van der Waals surface area contributed by atoms with Gasteiger partial charge in [-0.1, -0.05) is 18.2 Å². The Hall–Kier alpha value is -2.48. The molecule has 1 aromatic carbocycles. The average molecular weight is 331 g/mol. The normalized spacial score (nSPS) is 12.0. The molecule has 0 radical (unpaired) electrons. The van der Waals surface area contributed by atoms with Crippen molar-refractivity contribution in [1.82, 2.24) is 19.7 Å². The maximum Gasteiger partial charge on any atom is 0.283 e. The van der Waals surface area contributed by atoms with E-state index in [0.29, 0.717) is 11.2 Å². The topological polar surface area (TPSA) is 81.0 Å². The molecule has 0 fully saturated rings. The number of aromatic nitrogens is 4. The van der Waals surface area contributed by atoms with Crippen LogP contribution in [0, 0.1) is 0 Å². The lowest BCUT2D eigenvalue weighted by Crippen LogP contribution is -2.27. The summed E-state index contributed by atoms with van der Waals surface area (Å²) in [5, 5.41) is 8.64. The van der Waals surface area contributed by atoms with E-state index >= 15 is 0 Å². The molecule has 0 bridgehead atoms. The lowest BCUT2D eigenvalue weighted by atomic mass is 10.2. The predicted octanol–water partition coefficient (Wildman–Crippen LogP) is 2.23. The highest BCUT2D eigenvalue weighted by molar-refractivity contribution is 7.92. The fourth-order valence-electron chi connectivity index (χ4n) is 2.25. The van der Waals surface area contributed by atoms with Crippen molar-refractivity contribution in [2.75, 3.05) is 11.4 Å². The van der Waals surface area contributed by atoms with Crippen molar-refractivity contribution in [2.24, 2.45) is 0 Å². The Morgan fingerprint density at radius 2 is 1.96 bits per heavy atom. The van der Waals surface area contributed by atoms with Crippen molar-refractivity contribution < 1.29 is 8.42 Å². The third kappa shape index (κ3) is 2.65. The number of nitrogens with zero attached hydrogens (tertiary/aromatic N) is 5. The van der Waals surface area contributed by atoms with Crippen LogP contribution >= 0.6 is 0 Å². The highest BCUT2D eigenvalue weighted by Gasteiger charge is 2.26. The summed E-state index contributed by atoms with van der Waals surface area (Å²) in [6, 6.07) is 7.42. The van der Waals surface area contributed by atoms with Gasteiger partial charge in [0.2, 0.25) is 0 Å². The SMILES string of the molecule is CC(C)n1cnc(S(=O)(=O)N(C)c2cnnc3ccccc23)c1. The molecular formula is C15H17N5O2S. The van der Waals surface area contributed by atoms with Crippen LogP contribution in [0.2, 0.25) is 0 Å². The first-order valence-corrected chi connectivity index (χ1v) is 8.58. The van der Waals surface area contributed by atoms with Crippen LogP contribution in [-0.2, 0) is 10.0 Å². The van der Waals surface area contributed by atoms with Crippen LogP contribution in [0.15, 0.2) is 48.0 Å². The second-order valence-corrected chi connectivity index (χ2v) is 7.39. The van der Waals surface area contributed by atoms with Crippen LogP contribution in [0.5, 0.6) is 0 Å². The maximum atomic E-state index is 12.8. The minimum Gasteiger partial charge on any atom is -0.334 e. The second kappa shape index (κ2) is 5.62. The van der Waals surface area contributed by atoms with E-state index < -0.39 is 10.0 Å². The smallest absolute Gasteiger partial charge is 0.283 e. The van der Waals surface area contributed by atoms with E-state index in [1.54, 1.807) is 10.6 Å². The first-order valence-electron chi connectivity index (χ1n) is 7.14. The molecule has 3 aromatic rings. The molecule has 0 atom stereocenters. The number of benzene rings is 1. The van der Waals surface area contributed by atoms with E-state index in [0.717, 1.165) is 5.39 Å². The molecule has 0 unspecified atom stereocenters. The Bertz CT molecular complexity index is 944. The second-order valence-electron chi connectivity index (χ2n) is 5.47. The van der Waals surface area contributed by atoms with Crippen molar-refractivity contribution >= 4 is 26.6 Å². The van der Waals surface area contributed by atoms with Crippen molar-refractivity contribution in [3.8, 4) is 0 Å². The maximum absolute atomic E-state index is 12.8. The predicted molar refractivity (Wildman–Crippen MR) is 87.7 cm³/mol. The van der Waals surface area contributed by atoms with Gasteiger partial charge in [0, 0.05) is 24.7 Å². The molecule has 0 aliphatic carbocycles. The Morgan fingerprint density at radius 3 is 2.65 bits per heavy atom. The van der Waals surface area contributed by atoms with E-state index in [2.05, 4.69) is 15.2 Å². The molecule has 0 N–H and O–H groups in total. The van der Waals surface area contributed by atoms with Crippen molar-refractivity contribution in [2.45, 2.75) is 24.9 Å². The Morgan fingerprint density at radius 1 is 1.22 bits per heavy atom. The minimum atomic E-state index is -3.76. The molecule has 0 saturated heterocycles. The number of anilines is 1. The lowest BCUT2D eigenvalue weighted by Gasteiger charge is -2.19. The number of hydrogen-bond donors (Lipinski definition) is 0. The van der Waals surface area contributed by atoms with Crippen molar-refractivity contribution in [3.63, 3.8) is 0 Å². The van der Waals surface area contributed by atoms with Gasteiger partial charge in [-0.15, -0.1) is 0 Å². The van der Waals surface area contributed by atoms with Gasteiger partial charge in [0.1, 0.15) is 0 Å². The van der Waals surface area contributed by atoms with Gasteiger partial charge in [-0.25, -0.2) is 4.98 Å². The van der Waals surface area contributed by atoms with Gasteiger partial charge >= 0.3 is 0 Å². The van der Waals surface area contributed by atoms with Crippen molar-refractivity contribution in [3.05, 3.63) is 43.0 Å². The molecule has 0 aliphatic heterocycles. The quantitative estimate of drug-likeness (QED) is 0.732. The molecule has 0 saturated carbocycles. The summed E-state index contributed by atoms with van der Waals surface area (Å²) in [6.45, 7) is 3.92. The van der Waals surface area contributed by atoms with Gasteiger partial charge in [0.25, 0.3) is 10.0 Å². The van der Waals surface area contributed by atoms with Gasteiger partial charge in [0.05, 0.1) is 23.7 Å². The van der Waals surface area contributed by atoms with Crippen LogP contribution in [0.4, 0.5) is 5.69 Å². The van der Waals surface area contributed by atoms with E-state index in [4.69, 9.17) is 0 Å². The third-order valence-corrected chi connectivity index (χ3v) is 5.32. The molecule has 0 spiro atoms. The van der Waals surface area contributed by atoms with Crippen LogP contribution in [0.25, 0.3) is 10.9 Å². The van der Waals surface area contributed by atoms with E-state index in [1.165, 1.54) is 30.1 Å². The number of imidazole rings is 1. The molecule has 120 valence electrons. The van der Waals surface area contributed by atoms with Crippen LogP contribution in [0.1, 0.15) is 19.9 Å². The zero-order valence-corrected chi connectivity index (χ0v) is 13.9. The molecule has 3 rings (SSSR count). The summed E-state index contributed by atoms with van der Waals surface area (Å²) in [5.41, 5.74) is 1.11. The van der Waals surface area contributed by atoms with Crippen molar-refractivity contribution in [1.29, 1.82) is 0 Å². The van der Waals surface area contributed by atoms with Crippen LogP contribution < -0.4 is 4.31 Å². The molecule has 8 heteroatoms. The van der Waals surface area contributed by atoms with Gasteiger partial charge in [-0.05, 0) is 19.9 Å². The zero-order chi connectivity index (χ0) is 16.6. The Labute approximate surface area is 134 Å². The Kier molecular flexibility index (Phi) is 3.77. The monoisotopic (exact) mass is 331 g/mol. The lowest BCUT2D eigenvalue weighted by molar-refractivity contribution is 0.587. The first kappa shape index (κ1) is 15.4. The largest absolute Gasteiger partial charge is 0.334 e. The highest BCUT2D eigenvalue weighted by atomic mass is 32.2. The number of hydrogen-bond acceptors (Lipinski definition) is 5. The van der Waals surface area contributed by atoms with Crippen LogP contribution in [0.3, 0.4) is 0 Å². The van der Waals surface area contributed by atoms with Gasteiger partial charge in [0.15, 0.2) is 5.03 Å². The van der Waals surface area contributed by atoms with E-state index in [9.17, 15) is 8.42 Å². The summed E-state index contributed by atoms with van der Waals surface area (Å²) in [5.74, 6) is 0. The summed E-state index contributed by atoms with van der Waals surface area (Å²) in [7, 11) is -2.27. The van der Waals surface area contributed by atoms with E-state index in [1.807, 2.05) is 32.0 Å². The summed E-state index contributed by atoms with van der Waals surface area (Å²) >= 11 is 0. The molecule has 0 aliphatic rings. The van der Waals surface area contributed by atoms with Gasteiger partial charge in [-0.3, -0.25) is 4.31 Å². The molecular weight excluding hydrogens is 314 g/mol. The third-order valence-electron chi connectivity index (χ3n) is 3.66. The first-order chi connectivity index (χ1) is 10.9. The summed E-state index contributed by atoms with van der Waals surface area (Å²) in [6.07, 6.45) is 4.50. The summed E-state index contributed by atoms with van der Waals surface area (Å²) < 4.78 is 28.6. The number of rotatable bonds is 4. The van der Waals surface area contributed by atoms with E-state index in [-0.39, 0.29) is 11.1 Å². The van der Waals surface area contributed by atoms with Gasteiger partial charge in [-0.2, -0.15) is 18.6 Å². The molecule has 2 heterocycles. The standard InChI is InChI=1S/C15H17N5O2S/c1-11(2)20-9-15(16-10-20)23(21,22)19(3)14-8-17-18-13-7-5-4-6-12(13)14/h4-11H,1-3H3. The molecule has 23 heavy (non-hydrogen) atoms. The zero-order valence-electron chi connectivity index (χ0n) is 13.1. The Balaban J connectivity index is 2.08. The van der Waals surface area contributed by atoms with Gasteiger partial charge < -0.3 is 4.57 Å². The summed E-state index contributed by atoms with van der Waals surface area (Å²) in [4.78, 5) is 4.03. The number of fused-ring (bicyclic) bond motifs is 1. The fraction of sp³-hybridized carbons (Fsp3) is 0.267.